The van der Waals surface area contributed by atoms with Crippen molar-refractivity contribution < 1.29 is 0 Å². The average Bonchev–Trinajstić information content (AvgIpc) is 2.75. The first kappa shape index (κ1) is 12.9. The number of rotatable bonds is 4. The van der Waals surface area contributed by atoms with Crippen LogP contribution in [0.1, 0.15) is 12.5 Å². The van der Waals surface area contributed by atoms with Gasteiger partial charge in [0, 0.05) is 27.5 Å². The fraction of sp³-hybridized carbons (Fsp3) is 0.250. The first-order chi connectivity index (χ1) is 8.16. The molecular weight excluding hydrogens is 272 g/mol. The van der Waals surface area contributed by atoms with Gasteiger partial charge < -0.3 is 5.73 Å². The second kappa shape index (κ2) is 5.87. The molecule has 17 heavy (non-hydrogen) atoms. The van der Waals surface area contributed by atoms with Crippen molar-refractivity contribution in [1.82, 2.24) is 4.98 Å². The van der Waals surface area contributed by atoms with Crippen LogP contribution in [0.15, 0.2) is 39.0 Å². The number of nitrogens with two attached hydrogens (primary N) is 1. The molecule has 1 unspecified atom stereocenters. The smallest absolute Gasteiger partial charge is 0.154 e. The van der Waals surface area contributed by atoms with Gasteiger partial charge in [-0.05, 0) is 31.0 Å². The van der Waals surface area contributed by atoms with Gasteiger partial charge in [-0.1, -0.05) is 29.4 Å². The van der Waals surface area contributed by atoms with Crippen molar-refractivity contribution >= 4 is 34.7 Å². The number of halogens is 1. The minimum Gasteiger partial charge on any atom is -0.328 e. The summed E-state index contributed by atoms with van der Waals surface area (Å²) in [4.78, 5) is 5.41. The molecule has 0 aliphatic rings. The van der Waals surface area contributed by atoms with Gasteiger partial charge in [0.2, 0.25) is 0 Å². The van der Waals surface area contributed by atoms with Crippen LogP contribution in [0.2, 0.25) is 5.02 Å². The van der Waals surface area contributed by atoms with Crippen LogP contribution in [-0.2, 0) is 6.42 Å². The standard InChI is InChI=1S/C12H13ClN2S2/c1-8(14)7-9-10(13)3-2-4-11(9)17-12-15-5-6-16-12/h2-6,8H,7,14H2,1H3. The highest BCUT2D eigenvalue weighted by Gasteiger charge is 2.11. The summed E-state index contributed by atoms with van der Waals surface area (Å²) in [5, 5.41) is 2.75. The topological polar surface area (TPSA) is 38.9 Å². The maximum Gasteiger partial charge on any atom is 0.154 e. The molecule has 0 aliphatic heterocycles. The lowest BCUT2D eigenvalue weighted by Gasteiger charge is -2.12. The van der Waals surface area contributed by atoms with E-state index in [2.05, 4.69) is 11.1 Å². The van der Waals surface area contributed by atoms with Crippen molar-refractivity contribution in [3.8, 4) is 0 Å². The second-order valence-electron chi connectivity index (χ2n) is 3.80. The van der Waals surface area contributed by atoms with Gasteiger partial charge in [-0.15, -0.1) is 11.3 Å². The second-order valence-corrected chi connectivity index (χ2v) is 6.39. The first-order valence-corrected chi connectivity index (χ1v) is 7.34. The van der Waals surface area contributed by atoms with Crippen LogP contribution in [-0.4, -0.2) is 11.0 Å². The minimum absolute atomic E-state index is 0.102. The summed E-state index contributed by atoms with van der Waals surface area (Å²) in [5.74, 6) is 0. The van der Waals surface area contributed by atoms with Gasteiger partial charge in [-0.3, -0.25) is 0 Å². The van der Waals surface area contributed by atoms with Crippen molar-refractivity contribution in [2.75, 3.05) is 0 Å². The predicted octanol–water partition coefficient (Wildman–Crippen LogP) is 3.84. The van der Waals surface area contributed by atoms with Crippen molar-refractivity contribution in [3.05, 3.63) is 40.4 Å². The van der Waals surface area contributed by atoms with Crippen molar-refractivity contribution in [1.29, 1.82) is 0 Å². The lowest BCUT2D eigenvalue weighted by molar-refractivity contribution is 0.729. The van der Waals surface area contributed by atoms with E-state index < -0.39 is 0 Å². The lowest BCUT2D eigenvalue weighted by atomic mass is 10.1. The zero-order valence-corrected chi connectivity index (χ0v) is 11.8. The number of benzene rings is 1. The SMILES string of the molecule is CC(N)Cc1c(Cl)cccc1Sc1nccs1. The Bertz CT molecular complexity index is 483. The maximum absolute atomic E-state index is 6.23. The molecule has 2 rings (SSSR count). The van der Waals surface area contributed by atoms with Crippen LogP contribution >= 0.6 is 34.7 Å². The van der Waals surface area contributed by atoms with Gasteiger partial charge in [-0.2, -0.15) is 0 Å². The van der Waals surface area contributed by atoms with E-state index in [1.807, 2.05) is 30.6 Å². The molecule has 1 aromatic heterocycles. The summed E-state index contributed by atoms with van der Waals surface area (Å²) in [7, 11) is 0. The molecule has 90 valence electrons. The third-order valence-corrected chi connectivity index (χ3v) is 4.55. The molecule has 0 bridgehead atoms. The molecule has 0 radical (unpaired) electrons. The van der Waals surface area contributed by atoms with Crippen molar-refractivity contribution in [2.24, 2.45) is 5.73 Å². The average molecular weight is 285 g/mol. The summed E-state index contributed by atoms with van der Waals surface area (Å²) in [6.07, 6.45) is 2.59. The van der Waals surface area contributed by atoms with E-state index in [-0.39, 0.29) is 6.04 Å². The fourth-order valence-electron chi connectivity index (χ4n) is 1.51. The Balaban J connectivity index is 2.29. The van der Waals surface area contributed by atoms with Crippen LogP contribution < -0.4 is 5.73 Å². The Morgan fingerprint density at radius 2 is 2.35 bits per heavy atom. The molecule has 1 heterocycles. The third-order valence-electron chi connectivity index (χ3n) is 2.21. The van der Waals surface area contributed by atoms with Crippen LogP contribution in [0.4, 0.5) is 0 Å². The molecule has 2 aromatic rings. The lowest BCUT2D eigenvalue weighted by Crippen LogP contribution is -2.18. The predicted molar refractivity (Wildman–Crippen MR) is 75.0 cm³/mol. The van der Waals surface area contributed by atoms with Crippen LogP contribution in [0, 0.1) is 0 Å². The summed E-state index contributed by atoms with van der Waals surface area (Å²) in [6.45, 7) is 1.99. The monoisotopic (exact) mass is 284 g/mol. The highest BCUT2D eigenvalue weighted by molar-refractivity contribution is 8.01. The van der Waals surface area contributed by atoms with E-state index in [4.69, 9.17) is 17.3 Å². The molecule has 0 saturated carbocycles. The number of thiazole rings is 1. The highest BCUT2D eigenvalue weighted by atomic mass is 35.5. The summed E-state index contributed by atoms with van der Waals surface area (Å²) < 4.78 is 1.03. The molecule has 0 amide bonds. The Morgan fingerprint density at radius 1 is 1.53 bits per heavy atom. The Kier molecular flexibility index (Phi) is 4.45. The molecule has 5 heteroatoms. The fourth-order valence-corrected chi connectivity index (χ4v) is 3.57. The van der Waals surface area contributed by atoms with Gasteiger partial charge in [0.15, 0.2) is 4.34 Å². The van der Waals surface area contributed by atoms with E-state index >= 15 is 0 Å². The van der Waals surface area contributed by atoms with Gasteiger partial charge in [0.1, 0.15) is 0 Å². The van der Waals surface area contributed by atoms with Crippen molar-refractivity contribution in [2.45, 2.75) is 28.6 Å². The normalized spacial score (nSPS) is 12.6. The van der Waals surface area contributed by atoms with Gasteiger partial charge in [0.05, 0.1) is 0 Å². The zero-order valence-electron chi connectivity index (χ0n) is 9.39. The Morgan fingerprint density at radius 3 is 3.00 bits per heavy atom. The van der Waals surface area contributed by atoms with E-state index in [1.54, 1.807) is 23.1 Å². The van der Waals surface area contributed by atoms with E-state index in [1.165, 1.54) is 0 Å². The number of aromatic nitrogens is 1. The van der Waals surface area contributed by atoms with Crippen molar-refractivity contribution in [3.63, 3.8) is 0 Å². The maximum atomic E-state index is 6.23. The quantitative estimate of drug-likeness (QED) is 0.927. The zero-order chi connectivity index (χ0) is 12.3. The van der Waals surface area contributed by atoms with E-state index in [0.717, 1.165) is 26.2 Å². The van der Waals surface area contributed by atoms with Gasteiger partial charge >= 0.3 is 0 Å². The molecule has 2 N–H and O–H groups in total. The number of hydrogen-bond acceptors (Lipinski definition) is 4. The van der Waals surface area contributed by atoms with Crippen LogP contribution in [0.25, 0.3) is 0 Å². The highest BCUT2D eigenvalue weighted by Crippen LogP contribution is 2.35. The summed E-state index contributed by atoms with van der Waals surface area (Å²) >= 11 is 9.50. The molecule has 1 atom stereocenters. The van der Waals surface area contributed by atoms with Crippen LogP contribution in [0.3, 0.4) is 0 Å². The summed E-state index contributed by atoms with van der Waals surface area (Å²) in [5.41, 5.74) is 6.97. The van der Waals surface area contributed by atoms with Crippen LogP contribution in [0.5, 0.6) is 0 Å². The minimum atomic E-state index is 0.102. The van der Waals surface area contributed by atoms with E-state index in [9.17, 15) is 0 Å². The molecule has 2 nitrogen and oxygen atoms in total. The molecule has 0 spiro atoms. The van der Waals surface area contributed by atoms with Gasteiger partial charge in [0.25, 0.3) is 0 Å². The Hall–Kier alpha value is -0.550. The summed E-state index contributed by atoms with van der Waals surface area (Å²) in [6, 6.07) is 6.04. The molecule has 0 saturated heterocycles. The van der Waals surface area contributed by atoms with Gasteiger partial charge in [-0.25, -0.2) is 4.98 Å². The molecule has 1 aromatic carbocycles. The number of hydrogen-bond donors (Lipinski definition) is 1. The molecular formula is C12H13ClN2S2. The number of nitrogens with zero attached hydrogens (tertiary/aromatic N) is 1. The largest absolute Gasteiger partial charge is 0.328 e. The molecule has 0 fully saturated rings. The first-order valence-electron chi connectivity index (χ1n) is 5.27. The van der Waals surface area contributed by atoms with E-state index in [0.29, 0.717) is 0 Å². The third kappa shape index (κ3) is 3.45. The Labute approximate surface area is 114 Å². The molecule has 0 aliphatic carbocycles.